The zero-order valence-electron chi connectivity index (χ0n) is 16.5. The van der Waals surface area contributed by atoms with Gasteiger partial charge < -0.3 is 9.73 Å². The van der Waals surface area contributed by atoms with E-state index >= 15 is 0 Å². The van der Waals surface area contributed by atoms with Crippen molar-refractivity contribution in [1.82, 2.24) is 20.0 Å². The van der Waals surface area contributed by atoms with Crippen molar-refractivity contribution in [3.05, 3.63) is 71.9 Å². The van der Waals surface area contributed by atoms with E-state index in [4.69, 9.17) is 9.52 Å². The quantitative estimate of drug-likeness (QED) is 0.664. The summed E-state index contributed by atoms with van der Waals surface area (Å²) in [5.74, 6) is 1.30. The van der Waals surface area contributed by atoms with Gasteiger partial charge in [-0.05, 0) is 69.1 Å². The van der Waals surface area contributed by atoms with Crippen LogP contribution in [0.25, 0.3) is 5.69 Å². The fourth-order valence-corrected chi connectivity index (χ4v) is 4.13. The van der Waals surface area contributed by atoms with E-state index in [2.05, 4.69) is 10.2 Å². The van der Waals surface area contributed by atoms with Crippen LogP contribution in [0.15, 0.2) is 59.2 Å². The predicted molar refractivity (Wildman–Crippen MR) is 110 cm³/mol. The lowest BCUT2D eigenvalue weighted by Crippen LogP contribution is -2.37. The molecule has 150 valence electrons. The van der Waals surface area contributed by atoms with Crippen LogP contribution < -0.4 is 5.32 Å². The van der Waals surface area contributed by atoms with E-state index in [0.717, 1.165) is 43.1 Å². The van der Waals surface area contributed by atoms with Crippen LogP contribution in [0.3, 0.4) is 0 Å². The van der Waals surface area contributed by atoms with Crippen LogP contribution in [0.5, 0.6) is 0 Å². The number of para-hydroxylation sites is 1. The zero-order chi connectivity index (χ0) is 19.6. The number of aromatic nitrogens is 2. The minimum Gasteiger partial charge on any atom is -0.468 e. The highest BCUT2D eigenvalue weighted by Gasteiger charge is 2.30. The molecule has 5 rings (SSSR count). The number of nitrogens with zero attached hydrogens (tertiary/aromatic N) is 3. The van der Waals surface area contributed by atoms with Crippen molar-refractivity contribution in [2.75, 3.05) is 19.6 Å². The number of carbonyl (C=O) groups is 1. The number of benzene rings is 1. The fraction of sp³-hybridized carbons (Fsp3) is 0.391. The summed E-state index contributed by atoms with van der Waals surface area (Å²) in [6.07, 6.45) is 6.39. The smallest absolute Gasteiger partial charge is 0.270 e. The Morgan fingerprint density at radius 1 is 1.14 bits per heavy atom. The van der Waals surface area contributed by atoms with Crippen LogP contribution in [-0.2, 0) is 0 Å². The van der Waals surface area contributed by atoms with E-state index < -0.39 is 0 Å². The third-order valence-electron chi connectivity index (χ3n) is 5.87. The lowest BCUT2D eigenvalue weighted by Gasteiger charge is -2.26. The van der Waals surface area contributed by atoms with Gasteiger partial charge in [-0.3, -0.25) is 9.69 Å². The lowest BCUT2D eigenvalue weighted by molar-refractivity contribution is 0.0926. The first-order valence-corrected chi connectivity index (χ1v) is 10.5. The molecule has 1 amide bonds. The van der Waals surface area contributed by atoms with Crippen LogP contribution in [-0.4, -0.2) is 40.2 Å². The minimum atomic E-state index is -0.0935. The summed E-state index contributed by atoms with van der Waals surface area (Å²) in [5, 5.41) is 7.89. The highest BCUT2D eigenvalue weighted by atomic mass is 16.3. The molecule has 2 fully saturated rings. The summed E-state index contributed by atoms with van der Waals surface area (Å²) in [6, 6.07) is 15.8. The van der Waals surface area contributed by atoms with E-state index in [-0.39, 0.29) is 11.9 Å². The normalized spacial score (nSPS) is 18.1. The monoisotopic (exact) mass is 390 g/mol. The van der Waals surface area contributed by atoms with Crippen LogP contribution in [0.1, 0.15) is 59.6 Å². The molecule has 1 saturated heterocycles. The average molecular weight is 390 g/mol. The molecule has 2 aliphatic rings. The van der Waals surface area contributed by atoms with Gasteiger partial charge in [-0.15, -0.1) is 0 Å². The number of hydrogen-bond acceptors (Lipinski definition) is 4. The Bertz CT molecular complexity index is 954. The molecule has 0 spiro atoms. The SMILES string of the molecule is O=C(NCC(c1ccco1)N1CCCC1)c1cc(C2CC2)nn1-c1ccccc1. The van der Waals surface area contributed by atoms with Crippen LogP contribution in [0.2, 0.25) is 0 Å². The van der Waals surface area contributed by atoms with Gasteiger partial charge in [-0.25, -0.2) is 4.68 Å². The van der Waals surface area contributed by atoms with Gasteiger partial charge in [0.05, 0.1) is 23.7 Å². The number of amides is 1. The van der Waals surface area contributed by atoms with Gasteiger partial charge in [0.2, 0.25) is 0 Å². The van der Waals surface area contributed by atoms with Gasteiger partial charge in [0, 0.05) is 12.5 Å². The molecule has 1 aliphatic carbocycles. The highest BCUT2D eigenvalue weighted by Crippen LogP contribution is 2.39. The summed E-state index contributed by atoms with van der Waals surface area (Å²) < 4.78 is 7.45. The second-order valence-corrected chi connectivity index (χ2v) is 7.96. The molecule has 3 heterocycles. The maximum Gasteiger partial charge on any atom is 0.270 e. The largest absolute Gasteiger partial charge is 0.468 e. The number of hydrogen-bond donors (Lipinski definition) is 1. The first-order valence-electron chi connectivity index (χ1n) is 10.5. The zero-order valence-corrected chi connectivity index (χ0v) is 16.5. The van der Waals surface area contributed by atoms with E-state index in [9.17, 15) is 4.79 Å². The van der Waals surface area contributed by atoms with Crippen molar-refractivity contribution in [1.29, 1.82) is 0 Å². The number of carbonyl (C=O) groups excluding carboxylic acids is 1. The maximum atomic E-state index is 13.2. The van der Waals surface area contributed by atoms with Crippen molar-refractivity contribution in [2.24, 2.45) is 0 Å². The Morgan fingerprint density at radius 3 is 2.62 bits per heavy atom. The van der Waals surface area contributed by atoms with Crippen LogP contribution >= 0.6 is 0 Å². The number of furan rings is 1. The predicted octanol–water partition coefficient (Wildman–Crippen LogP) is 3.91. The van der Waals surface area contributed by atoms with Crippen molar-refractivity contribution in [3.63, 3.8) is 0 Å². The standard InChI is InChI=1S/C23H26N4O2/c28-23(24-16-21(22-9-6-14-29-22)26-12-4-5-13-26)20-15-19(17-10-11-17)25-27(20)18-7-2-1-3-8-18/h1-3,6-9,14-15,17,21H,4-5,10-13,16H2,(H,24,28). The Balaban J connectivity index is 1.37. The molecule has 0 bridgehead atoms. The Labute approximate surface area is 170 Å². The molecule has 0 radical (unpaired) electrons. The van der Waals surface area contributed by atoms with Gasteiger partial charge in [0.1, 0.15) is 11.5 Å². The number of rotatable bonds is 7. The molecule has 1 saturated carbocycles. The maximum absolute atomic E-state index is 13.2. The Hall–Kier alpha value is -2.86. The summed E-state index contributed by atoms with van der Waals surface area (Å²) in [5.41, 5.74) is 2.52. The van der Waals surface area contributed by atoms with E-state index in [1.807, 2.05) is 48.5 Å². The third-order valence-corrected chi connectivity index (χ3v) is 5.87. The number of nitrogens with one attached hydrogen (secondary N) is 1. The molecular weight excluding hydrogens is 364 g/mol. The molecular formula is C23H26N4O2. The summed E-state index contributed by atoms with van der Waals surface area (Å²) in [6.45, 7) is 2.59. The van der Waals surface area contributed by atoms with Crippen LogP contribution in [0.4, 0.5) is 0 Å². The van der Waals surface area contributed by atoms with Crippen molar-refractivity contribution in [3.8, 4) is 5.69 Å². The molecule has 2 aromatic heterocycles. The van der Waals surface area contributed by atoms with Crippen LogP contribution in [0, 0.1) is 0 Å². The molecule has 1 aromatic carbocycles. The molecule has 29 heavy (non-hydrogen) atoms. The highest BCUT2D eigenvalue weighted by molar-refractivity contribution is 5.93. The van der Waals surface area contributed by atoms with E-state index in [0.29, 0.717) is 18.2 Å². The lowest BCUT2D eigenvalue weighted by atomic mass is 10.2. The van der Waals surface area contributed by atoms with Gasteiger partial charge in [-0.2, -0.15) is 5.10 Å². The van der Waals surface area contributed by atoms with E-state index in [1.54, 1.807) is 10.9 Å². The van der Waals surface area contributed by atoms with E-state index in [1.165, 1.54) is 12.8 Å². The Kier molecular flexibility index (Phi) is 4.94. The third kappa shape index (κ3) is 3.85. The molecule has 1 aliphatic heterocycles. The Morgan fingerprint density at radius 2 is 1.93 bits per heavy atom. The molecule has 1 unspecified atom stereocenters. The van der Waals surface area contributed by atoms with Crippen molar-refractivity contribution in [2.45, 2.75) is 37.6 Å². The van der Waals surface area contributed by atoms with Gasteiger partial charge in [0.25, 0.3) is 5.91 Å². The first-order chi connectivity index (χ1) is 14.3. The average Bonchev–Trinajstić information content (AvgIpc) is 3.19. The molecule has 6 heteroatoms. The van der Waals surface area contributed by atoms with Crippen molar-refractivity contribution < 1.29 is 9.21 Å². The van der Waals surface area contributed by atoms with Gasteiger partial charge in [-0.1, -0.05) is 18.2 Å². The molecule has 1 N–H and O–H groups in total. The molecule has 3 aromatic rings. The molecule has 6 nitrogen and oxygen atoms in total. The van der Waals surface area contributed by atoms with Crippen molar-refractivity contribution >= 4 is 5.91 Å². The molecule has 1 atom stereocenters. The summed E-state index contributed by atoms with van der Waals surface area (Å²) in [7, 11) is 0. The second kappa shape index (κ2) is 7.87. The number of likely N-dealkylation sites (tertiary alicyclic amines) is 1. The van der Waals surface area contributed by atoms with Gasteiger partial charge >= 0.3 is 0 Å². The summed E-state index contributed by atoms with van der Waals surface area (Å²) >= 11 is 0. The fourth-order valence-electron chi connectivity index (χ4n) is 4.13. The minimum absolute atomic E-state index is 0.0625. The first kappa shape index (κ1) is 18.2. The summed E-state index contributed by atoms with van der Waals surface area (Å²) in [4.78, 5) is 15.6. The topological polar surface area (TPSA) is 63.3 Å². The van der Waals surface area contributed by atoms with Gasteiger partial charge in [0.15, 0.2) is 0 Å². The second-order valence-electron chi connectivity index (χ2n) is 7.96.